The molecule has 0 aromatic carbocycles. The van der Waals surface area contributed by atoms with Crippen molar-refractivity contribution in [2.24, 2.45) is 5.73 Å². The second-order valence-corrected chi connectivity index (χ2v) is 1.48. The molecule has 0 radical (unpaired) electrons. The predicted molar refractivity (Wildman–Crippen MR) is 20.6 cm³/mol. The standard InChI is InChI=1S/C3H8N2/c1-2-3(4)5-2/h2-3,5H,4H2,1H3. The molecule has 0 saturated carbocycles. The fourth-order valence-corrected chi connectivity index (χ4v) is 0.248. The van der Waals surface area contributed by atoms with Crippen LogP contribution in [0.3, 0.4) is 0 Å². The van der Waals surface area contributed by atoms with Crippen molar-refractivity contribution in [1.29, 1.82) is 0 Å². The molecule has 1 aliphatic heterocycles. The number of rotatable bonds is 0. The Balaban J connectivity index is 2.20. The molecule has 0 spiro atoms. The van der Waals surface area contributed by atoms with E-state index in [-0.39, 0.29) is 0 Å². The van der Waals surface area contributed by atoms with E-state index in [2.05, 4.69) is 12.2 Å². The van der Waals surface area contributed by atoms with Gasteiger partial charge in [0.25, 0.3) is 0 Å². The van der Waals surface area contributed by atoms with Gasteiger partial charge >= 0.3 is 0 Å². The van der Waals surface area contributed by atoms with Crippen LogP contribution in [-0.2, 0) is 0 Å². The van der Waals surface area contributed by atoms with Crippen molar-refractivity contribution in [3.05, 3.63) is 0 Å². The van der Waals surface area contributed by atoms with Crippen LogP contribution in [0.1, 0.15) is 6.92 Å². The normalized spacial score (nSPS) is 49.2. The van der Waals surface area contributed by atoms with E-state index in [4.69, 9.17) is 5.73 Å². The van der Waals surface area contributed by atoms with Gasteiger partial charge in [0.05, 0.1) is 6.17 Å². The molecule has 1 rings (SSSR count). The minimum atomic E-state index is 0.301. The molecule has 30 valence electrons. The quantitative estimate of drug-likeness (QED) is 0.370. The Hall–Kier alpha value is -0.0800. The molecule has 2 atom stereocenters. The fourth-order valence-electron chi connectivity index (χ4n) is 0.248. The van der Waals surface area contributed by atoms with E-state index in [0.717, 1.165) is 0 Å². The molecule has 0 aromatic heterocycles. The molecule has 1 fully saturated rings. The lowest BCUT2D eigenvalue weighted by atomic mass is 10.5. The zero-order valence-electron chi connectivity index (χ0n) is 3.23. The lowest BCUT2D eigenvalue weighted by molar-refractivity contribution is 0.994. The van der Waals surface area contributed by atoms with Crippen LogP contribution in [0.2, 0.25) is 0 Å². The smallest absolute Gasteiger partial charge is 0.0705 e. The summed E-state index contributed by atoms with van der Waals surface area (Å²) in [6.07, 6.45) is 0.301. The third-order valence-corrected chi connectivity index (χ3v) is 0.885. The molecule has 5 heavy (non-hydrogen) atoms. The zero-order valence-corrected chi connectivity index (χ0v) is 3.23. The highest BCUT2D eigenvalue weighted by atomic mass is 15.2. The Morgan fingerprint density at radius 2 is 2.00 bits per heavy atom. The Morgan fingerprint density at radius 3 is 2.00 bits per heavy atom. The van der Waals surface area contributed by atoms with Crippen molar-refractivity contribution >= 4 is 0 Å². The van der Waals surface area contributed by atoms with Crippen LogP contribution >= 0.6 is 0 Å². The summed E-state index contributed by atoms with van der Waals surface area (Å²) in [6.45, 7) is 2.06. The van der Waals surface area contributed by atoms with E-state index >= 15 is 0 Å². The molecule has 1 aliphatic rings. The van der Waals surface area contributed by atoms with Crippen LogP contribution in [0.25, 0.3) is 0 Å². The second kappa shape index (κ2) is 0.698. The zero-order chi connectivity index (χ0) is 3.86. The van der Waals surface area contributed by atoms with Crippen LogP contribution in [0, 0.1) is 0 Å². The highest BCUT2D eigenvalue weighted by Gasteiger charge is 2.25. The van der Waals surface area contributed by atoms with Crippen molar-refractivity contribution in [2.75, 3.05) is 0 Å². The molecular weight excluding hydrogens is 64.0 g/mol. The molecule has 0 bridgehead atoms. The Kier molecular flexibility index (Phi) is 0.436. The molecule has 1 heterocycles. The molecular formula is C3H8N2. The van der Waals surface area contributed by atoms with E-state index in [1.807, 2.05) is 0 Å². The maximum absolute atomic E-state index is 5.25. The average Bonchev–Trinajstić information content (AvgIpc) is 1.79. The number of hydrogen-bond donors (Lipinski definition) is 2. The minimum absolute atomic E-state index is 0.301. The third-order valence-electron chi connectivity index (χ3n) is 0.885. The molecule has 0 aliphatic carbocycles. The van der Waals surface area contributed by atoms with Crippen LogP contribution in [0.4, 0.5) is 0 Å². The summed E-state index contributed by atoms with van der Waals surface area (Å²) in [7, 11) is 0. The molecule has 1 saturated heterocycles. The van der Waals surface area contributed by atoms with Crippen molar-refractivity contribution in [2.45, 2.75) is 19.1 Å². The summed E-state index contributed by atoms with van der Waals surface area (Å²) in [5, 5.41) is 2.97. The lowest BCUT2D eigenvalue weighted by Gasteiger charge is -1.64. The summed E-state index contributed by atoms with van der Waals surface area (Å²) in [5.74, 6) is 0. The molecule has 0 amide bonds. The van der Waals surface area contributed by atoms with Gasteiger partial charge in [-0.1, -0.05) is 0 Å². The van der Waals surface area contributed by atoms with E-state index in [1.54, 1.807) is 0 Å². The van der Waals surface area contributed by atoms with Gasteiger partial charge in [-0.05, 0) is 6.92 Å². The van der Waals surface area contributed by atoms with E-state index in [1.165, 1.54) is 0 Å². The van der Waals surface area contributed by atoms with Gasteiger partial charge in [-0.3, -0.25) is 5.32 Å². The maximum Gasteiger partial charge on any atom is 0.0705 e. The summed E-state index contributed by atoms with van der Waals surface area (Å²) >= 11 is 0. The highest BCUT2D eigenvalue weighted by molar-refractivity contribution is 4.88. The second-order valence-electron chi connectivity index (χ2n) is 1.48. The first kappa shape index (κ1) is 3.12. The van der Waals surface area contributed by atoms with E-state index in [9.17, 15) is 0 Å². The first-order chi connectivity index (χ1) is 2.30. The van der Waals surface area contributed by atoms with Gasteiger partial charge in [0.1, 0.15) is 0 Å². The Morgan fingerprint density at radius 1 is 1.80 bits per heavy atom. The first-order valence-electron chi connectivity index (χ1n) is 1.82. The SMILES string of the molecule is CC1NC1N. The Labute approximate surface area is 31.4 Å². The van der Waals surface area contributed by atoms with Gasteiger partial charge in [0, 0.05) is 6.04 Å². The number of nitrogens with two attached hydrogens (primary N) is 1. The molecule has 2 heteroatoms. The largest absolute Gasteiger partial charge is 0.315 e. The van der Waals surface area contributed by atoms with Crippen LogP contribution in [-0.4, -0.2) is 12.2 Å². The van der Waals surface area contributed by atoms with Crippen molar-refractivity contribution < 1.29 is 0 Å². The summed E-state index contributed by atoms with van der Waals surface area (Å²) in [6, 6.07) is 0.579. The van der Waals surface area contributed by atoms with E-state index < -0.39 is 0 Å². The summed E-state index contributed by atoms with van der Waals surface area (Å²) in [5.41, 5.74) is 5.25. The van der Waals surface area contributed by atoms with Gasteiger partial charge in [0.15, 0.2) is 0 Å². The minimum Gasteiger partial charge on any atom is -0.315 e. The summed E-state index contributed by atoms with van der Waals surface area (Å²) < 4.78 is 0. The first-order valence-corrected chi connectivity index (χ1v) is 1.82. The third kappa shape index (κ3) is 0.412. The van der Waals surface area contributed by atoms with Crippen molar-refractivity contribution in [1.82, 2.24) is 5.32 Å². The molecule has 0 aromatic rings. The van der Waals surface area contributed by atoms with E-state index in [0.29, 0.717) is 12.2 Å². The number of hydrogen-bond acceptors (Lipinski definition) is 2. The van der Waals surface area contributed by atoms with Crippen molar-refractivity contribution in [3.63, 3.8) is 0 Å². The van der Waals surface area contributed by atoms with Crippen LogP contribution in [0.15, 0.2) is 0 Å². The molecule has 3 N–H and O–H groups in total. The predicted octanol–water partition coefficient (Wildman–Crippen LogP) is -0.737. The van der Waals surface area contributed by atoms with Gasteiger partial charge in [-0.15, -0.1) is 0 Å². The van der Waals surface area contributed by atoms with Crippen molar-refractivity contribution in [3.8, 4) is 0 Å². The number of nitrogens with one attached hydrogen (secondary N) is 1. The topological polar surface area (TPSA) is 48.0 Å². The van der Waals surface area contributed by atoms with Gasteiger partial charge < -0.3 is 5.73 Å². The maximum atomic E-state index is 5.25. The monoisotopic (exact) mass is 72.1 g/mol. The summed E-state index contributed by atoms with van der Waals surface area (Å²) in [4.78, 5) is 0. The molecule has 2 nitrogen and oxygen atoms in total. The average molecular weight is 72.1 g/mol. The van der Waals surface area contributed by atoms with Gasteiger partial charge in [-0.2, -0.15) is 0 Å². The molecule has 2 unspecified atom stereocenters. The van der Waals surface area contributed by atoms with Crippen LogP contribution in [0.5, 0.6) is 0 Å². The van der Waals surface area contributed by atoms with Crippen LogP contribution < -0.4 is 11.1 Å². The van der Waals surface area contributed by atoms with Gasteiger partial charge in [-0.25, -0.2) is 0 Å². The fraction of sp³-hybridized carbons (Fsp3) is 1.00. The highest BCUT2D eigenvalue weighted by Crippen LogP contribution is 1.98. The lowest BCUT2D eigenvalue weighted by Crippen LogP contribution is -2.04. The van der Waals surface area contributed by atoms with Gasteiger partial charge in [0.2, 0.25) is 0 Å². The Bertz CT molecular complexity index is 38.2.